The van der Waals surface area contributed by atoms with Crippen molar-refractivity contribution in [1.29, 1.82) is 0 Å². The van der Waals surface area contributed by atoms with Gasteiger partial charge >= 0.3 is 0 Å². The molecule has 12 heavy (non-hydrogen) atoms. The lowest BCUT2D eigenvalue weighted by molar-refractivity contribution is 0.636. The Balaban J connectivity index is 2.58. The van der Waals surface area contributed by atoms with Crippen LogP contribution in [0.2, 0.25) is 0 Å². The molecule has 2 heteroatoms. The maximum absolute atomic E-state index is 5.80. The zero-order chi connectivity index (χ0) is 8.97. The van der Waals surface area contributed by atoms with Gasteiger partial charge in [-0.25, -0.2) is 0 Å². The lowest BCUT2D eigenvalue weighted by Crippen LogP contribution is -2.21. The topological polar surface area (TPSA) is 38.9 Å². The van der Waals surface area contributed by atoms with E-state index in [1.807, 2.05) is 19.2 Å². The minimum absolute atomic E-state index is 0.250. The number of aryl methyl sites for hydroxylation is 1. The van der Waals surface area contributed by atoms with Gasteiger partial charge in [-0.15, -0.1) is 0 Å². The van der Waals surface area contributed by atoms with Crippen LogP contribution in [-0.2, 0) is 6.42 Å². The molecule has 0 radical (unpaired) electrons. The molecule has 1 atom stereocenters. The van der Waals surface area contributed by atoms with E-state index in [0.717, 1.165) is 18.5 Å². The third kappa shape index (κ3) is 2.62. The molecule has 2 nitrogen and oxygen atoms in total. The van der Waals surface area contributed by atoms with E-state index in [0.29, 0.717) is 0 Å². The third-order valence-electron chi connectivity index (χ3n) is 1.97. The van der Waals surface area contributed by atoms with Crippen molar-refractivity contribution in [3.63, 3.8) is 0 Å². The second-order valence-corrected chi connectivity index (χ2v) is 3.20. The van der Waals surface area contributed by atoms with E-state index in [4.69, 9.17) is 5.73 Å². The number of hydrogen-bond donors (Lipinski definition) is 1. The molecule has 1 aromatic rings. The van der Waals surface area contributed by atoms with Gasteiger partial charge in [0.25, 0.3) is 0 Å². The van der Waals surface area contributed by atoms with Gasteiger partial charge in [-0.1, -0.05) is 13.0 Å². The Morgan fingerprint density at radius 2 is 2.25 bits per heavy atom. The summed E-state index contributed by atoms with van der Waals surface area (Å²) in [5.74, 6) is 0. The van der Waals surface area contributed by atoms with Gasteiger partial charge < -0.3 is 5.73 Å². The molecule has 0 amide bonds. The van der Waals surface area contributed by atoms with E-state index in [-0.39, 0.29) is 6.04 Å². The summed E-state index contributed by atoms with van der Waals surface area (Å²) in [7, 11) is 0. The Kier molecular flexibility index (Phi) is 3.23. The monoisotopic (exact) mass is 164 g/mol. The van der Waals surface area contributed by atoms with E-state index >= 15 is 0 Å². The van der Waals surface area contributed by atoms with Crippen LogP contribution in [0.25, 0.3) is 0 Å². The van der Waals surface area contributed by atoms with Crippen molar-refractivity contribution in [1.82, 2.24) is 4.98 Å². The number of nitrogens with zero attached hydrogens (tertiary/aromatic N) is 1. The van der Waals surface area contributed by atoms with Crippen molar-refractivity contribution >= 4 is 0 Å². The molecule has 0 aliphatic carbocycles. The number of rotatable bonds is 3. The fraction of sp³-hybridized carbons (Fsp3) is 0.500. The SMILES string of the molecule is CCC(N)Cc1ccc(C)cn1. The molecule has 0 aliphatic rings. The van der Waals surface area contributed by atoms with E-state index in [9.17, 15) is 0 Å². The molecule has 2 N–H and O–H groups in total. The van der Waals surface area contributed by atoms with Crippen molar-refractivity contribution in [3.05, 3.63) is 29.6 Å². The molecule has 0 spiro atoms. The van der Waals surface area contributed by atoms with Crippen molar-refractivity contribution < 1.29 is 0 Å². The number of nitrogens with two attached hydrogens (primary N) is 1. The first kappa shape index (κ1) is 9.20. The summed E-state index contributed by atoms with van der Waals surface area (Å²) in [6, 6.07) is 4.37. The number of hydrogen-bond acceptors (Lipinski definition) is 2. The third-order valence-corrected chi connectivity index (χ3v) is 1.97. The zero-order valence-corrected chi connectivity index (χ0v) is 7.75. The summed E-state index contributed by atoms with van der Waals surface area (Å²) in [5.41, 5.74) is 8.09. The lowest BCUT2D eigenvalue weighted by Gasteiger charge is -2.07. The molecule has 1 unspecified atom stereocenters. The maximum atomic E-state index is 5.80. The van der Waals surface area contributed by atoms with Crippen LogP contribution in [0.5, 0.6) is 0 Å². The smallest absolute Gasteiger partial charge is 0.0419 e. The molecule has 0 aliphatic heterocycles. The fourth-order valence-electron chi connectivity index (χ4n) is 1.03. The predicted molar refractivity (Wildman–Crippen MR) is 50.9 cm³/mol. The standard InChI is InChI=1S/C10H16N2/c1-3-9(11)6-10-5-4-8(2)7-12-10/h4-5,7,9H,3,6,11H2,1-2H3. The predicted octanol–water partition coefficient (Wildman–Crippen LogP) is 1.67. The normalized spacial score (nSPS) is 12.9. The Labute approximate surface area is 73.8 Å². The Bertz CT molecular complexity index is 228. The van der Waals surface area contributed by atoms with Crippen LogP contribution in [0.1, 0.15) is 24.6 Å². The van der Waals surface area contributed by atoms with Gasteiger partial charge in [-0.3, -0.25) is 4.98 Å². The molecular formula is C10H16N2. The van der Waals surface area contributed by atoms with Crippen molar-refractivity contribution in [2.75, 3.05) is 0 Å². The highest BCUT2D eigenvalue weighted by atomic mass is 14.7. The molecule has 1 heterocycles. The summed E-state index contributed by atoms with van der Waals surface area (Å²) in [5, 5.41) is 0. The van der Waals surface area contributed by atoms with Gasteiger partial charge in [0.1, 0.15) is 0 Å². The Morgan fingerprint density at radius 1 is 1.50 bits per heavy atom. The van der Waals surface area contributed by atoms with Crippen LogP contribution in [0.3, 0.4) is 0 Å². The highest BCUT2D eigenvalue weighted by Gasteiger charge is 2.01. The summed E-state index contributed by atoms with van der Waals surface area (Å²) in [4.78, 5) is 4.29. The van der Waals surface area contributed by atoms with Gasteiger partial charge in [0, 0.05) is 24.4 Å². The van der Waals surface area contributed by atoms with E-state index in [1.54, 1.807) is 0 Å². The first-order valence-corrected chi connectivity index (χ1v) is 4.39. The van der Waals surface area contributed by atoms with E-state index in [1.165, 1.54) is 5.56 Å². The summed E-state index contributed by atoms with van der Waals surface area (Å²) < 4.78 is 0. The van der Waals surface area contributed by atoms with Crippen molar-refractivity contribution in [2.45, 2.75) is 32.7 Å². The lowest BCUT2D eigenvalue weighted by atomic mass is 10.1. The molecule has 66 valence electrons. The number of pyridine rings is 1. The van der Waals surface area contributed by atoms with Gasteiger partial charge in [-0.05, 0) is 25.0 Å². The molecule has 1 rings (SSSR count). The fourth-order valence-corrected chi connectivity index (χ4v) is 1.03. The van der Waals surface area contributed by atoms with Crippen LogP contribution in [0.4, 0.5) is 0 Å². The highest BCUT2D eigenvalue weighted by molar-refractivity contribution is 5.12. The minimum Gasteiger partial charge on any atom is -0.327 e. The van der Waals surface area contributed by atoms with Gasteiger partial charge in [0.2, 0.25) is 0 Å². The maximum Gasteiger partial charge on any atom is 0.0419 e. The van der Waals surface area contributed by atoms with Gasteiger partial charge in [-0.2, -0.15) is 0 Å². The zero-order valence-electron chi connectivity index (χ0n) is 7.75. The van der Waals surface area contributed by atoms with Crippen LogP contribution in [-0.4, -0.2) is 11.0 Å². The second-order valence-electron chi connectivity index (χ2n) is 3.20. The first-order chi connectivity index (χ1) is 5.72. The Morgan fingerprint density at radius 3 is 2.75 bits per heavy atom. The van der Waals surface area contributed by atoms with Crippen LogP contribution >= 0.6 is 0 Å². The minimum atomic E-state index is 0.250. The van der Waals surface area contributed by atoms with Crippen LogP contribution in [0, 0.1) is 6.92 Å². The quantitative estimate of drug-likeness (QED) is 0.738. The average Bonchev–Trinajstić information content (AvgIpc) is 2.09. The molecule has 0 aromatic carbocycles. The van der Waals surface area contributed by atoms with Crippen LogP contribution in [0.15, 0.2) is 18.3 Å². The summed E-state index contributed by atoms with van der Waals surface area (Å²) >= 11 is 0. The largest absolute Gasteiger partial charge is 0.327 e. The molecule has 1 aromatic heterocycles. The summed E-state index contributed by atoms with van der Waals surface area (Å²) in [6.45, 7) is 4.13. The molecule has 0 bridgehead atoms. The number of aromatic nitrogens is 1. The summed E-state index contributed by atoms with van der Waals surface area (Å²) in [6.07, 6.45) is 3.78. The van der Waals surface area contributed by atoms with Crippen molar-refractivity contribution in [3.8, 4) is 0 Å². The van der Waals surface area contributed by atoms with Gasteiger partial charge in [0.15, 0.2) is 0 Å². The molecule has 0 fully saturated rings. The Hall–Kier alpha value is -0.890. The molecule has 0 saturated carbocycles. The van der Waals surface area contributed by atoms with Crippen LogP contribution < -0.4 is 5.73 Å². The molecular weight excluding hydrogens is 148 g/mol. The van der Waals surface area contributed by atoms with Gasteiger partial charge in [0.05, 0.1) is 0 Å². The molecule has 0 saturated heterocycles. The van der Waals surface area contributed by atoms with E-state index < -0.39 is 0 Å². The second kappa shape index (κ2) is 4.21. The highest BCUT2D eigenvalue weighted by Crippen LogP contribution is 2.02. The van der Waals surface area contributed by atoms with Crippen molar-refractivity contribution in [2.24, 2.45) is 5.73 Å². The average molecular weight is 164 g/mol. The first-order valence-electron chi connectivity index (χ1n) is 4.39. The van der Waals surface area contributed by atoms with E-state index in [2.05, 4.69) is 18.0 Å².